The van der Waals surface area contributed by atoms with Crippen LogP contribution in [0.4, 0.5) is 4.39 Å². The average Bonchev–Trinajstić information content (AvgIpc) is 2.71. The molecule has 0 aliphatic rings. The highest BCUT2D eigenvalue weighted by atomic mass is 19.1. The van der Waals surface area contributed by atoms with Crippen molar-refractivity contribution in [1.29, 1.82) is 0 Å². The molecule has 1 aromatic heterocycles. The molecule has 1 aromatic carbocycles. The Morgan fingerprint density at radius 2 is 2.00 bits per heavy atom. The predicted molar refractivity (Wildman–Crippen MR) is 57.7 cm³/mol. The molecule has 0 saturated carbocycles. The van der Waals surface area contributed by atoms with Crippen LogP contribution in [-0.4, -0.2) is 4.98 Å². The Labute approximate surface area is 88.1 Å². The van der Waals surface area contributed by atoms with Gasteiger partial charge in [0.1, 0.15) is 5.82 Å². The van der Waals surface area contributed by atoms with E-state index in [9.17, 15) is 4.39 Å². The maximum Gasteiger partial charge on any atom is 0.123 e. The number of benzene rings is 1. The first-order chi connectivity index (χ1) is 7.34. The van der Waals surface area contributed by atoms with Crippen molar-refractivity contribution < 1.29 is 4.39 Å². The van der Waals surface area contributed by atoms with Crippen LogP contribution in [0.15, 0.2) is 42.7 Å². The van der Waals surface area contributed by atoms with Crippen LogP contribution < -0.4 is 5.32 Å². The van der Waals surface area contributed by atoms with Gasteiger partial charge in [-0.05, 0) is 29.3 Å². The summed E-state index contributed by atoms with van der Waals surface area (Å²) in [6.07, 6.45) is 3.83. The molecule has 78 valence electrons. The van der Waals surface area contributed by atoms with Gasteiger partial charge in [-0.15, -0.1) is 0 Å². The average molecular weight is 204 g/mol. The zero-order valence-corrected chi connectivity index (χ0v) is 8.33. The van der Waals surface area contributed by atoms with Crippen molar-refractivity contribution in [2.45, 2.75) is 13.1 Å². The van der Waals surface area contributed by atoms with Crippen LogP contribution in [0.3, 0.4) is 0 Å². The van der Waals surface area contributed by atoms with Crippen molar-refractivity contribution in [3.8, 4) is 0 Å². The molecule has 2 N–H and O–H groups in total. The number of H-pyrrole nitrogens is 1. The Hall–Kier alpha value is -1.61. The van der Waals surface area contributed by atoms with E-state index in [-0.39, 0.29) is 5.82 Å². The fourth-order valence-corrected chi connectivity index (χ4v) is 1.47. The fraction of sp³-hybridized carbons (Fsp3) is 0.167. The lowest BCUT2D eigenvalue weighted by atomic mass is 10.2. The highest BCUT2D eigenvalue weighted by Crippen LogP contribution is 2.03. The van der Waals surface area contributed by atoms with Crippen LogP contribution in [0.25, 0.3) is 0 Å². The molecule has 0 amide bonds. The second-order valence-electron chi connectivity index (χ2n) is 3.45. The van der Waals surface area contributed by atoms with Gasteiger partial charge in [-0.1, -0.05) is 12.1 Å². The summed E-state index contributed by atoms with van der Waals surface area (Å²) in [4.78, 5) is 2.99. The monoisotopic (exact) mass is 204 g/mol. The normalized spacial score (nSPS) is 10.5. The largest absolute Gasteiger partial charge is 0.367 e. The molecule has 0 fully saturated rings. The van der Waals surface area contributed by atoms with Crippen molar-refractivity contribution in [2.75, 3.05) is 0 Å². The van der Waals surface area contributed by atoms with E-state index in [0.29, 0.717) is 6.54 Å². The third kappa shape index (κ3) is 2.92. The van der Waals surface area contributed by atoms with E-state index >= 15 is 0 Å². The second-order valence-corrected chi connectivity index (χ2v) is 3.45. The first-order valence-electron chi connectivity index (χ1n) is 4.91. The number of hydrogen-bond donors (Lipinski definition) is 2. The van der Waals surface area contributed by atoms with E-state index in [2.05, 4.69) is 10.3 Å². The van der Waals surface area contributed by atoms with Gasteiger partial charge in [-0.2, -0.15) is 0 Å². The number of halogens is 1. The predicted octanol–water partition coefficient (Wildman–Crippen LogP) is 2.44. The van der Waals surface area contributed by atoms with Gasteiger partial charge in [0.2, 0.25) is 0 Å². The maximum atomic E-state index is 12.8. The summed E-state index contributed by atoms with van der Waals surface area (Å²) in [6, 6.07) is 8.65. The Balaban J connectivity index is 1.83. The Kier molecular flexibility index (Phi) is 3.15. The lowest BCUT2D eigenvalue weighted by Crippen LogP contribution is -2.12. The summed E-state index contributed by atoms with van der Waals surface area (Å²) in [7, 11) is 0. The molecule has 1 heterocycles. The molecule has 0 aliphatic heterocycles. The summed E-state index contributed by atoms with van der Waals surface area (Å²) >= 11 is 0. The molecule has 0 radical (unpaired) electrons. The SMILES string of the molecule is Fc1cccc(CNCc2cc[nH]c2)c1. The zero-order valence-electron chi connectivity index (χ0n) is 8.33. The molecule has 0 aliphatic carbocycles. The molecule has 0 bridgehead atoms. The third-order valence-corrected chi connectivity index (χ3v) is 2.21. The standard InChI is InChI=1S/C12H13FN2/c13-12-3-1-2-10(6-12)7-15-9-11-4-5-14-8-11/h1-6,8,14-15H,7,9H2. The minimum atomic E-state index is -0.184. The lowest BCUT2D eigenvalue weighted by Gasteiger charge is -2.03. The summed E-state index contributed by atoms with van der Waals surface area (Å²) in [6.45, 7) is 1.48. The summed E-state index contributed by atoms with van der Waals surface area (Å²) in [5, 5.41) is 3.24. The van der Waals surface area contributed by atoms with Gasteiger partial charge < -0.3 is 10.3 Å². The fourth-order valence-electron chi connectivity index (χ4n) is 1.47. The van der Waals surface area contributed by atoms with Crippen molar-refractivity contribution in [2.24, 2.45) is 0 Å². The Bertz CT molecular complexity index is 409. The molecular formula is C12H13FN2. The number of aromatic nitrogens is 1. The minimum Gasteiger partial charge on any atom is -0.367 e. The van der Waals surface area contributed by atoms with Gasteiger partial charge in [0.15, 0.2) is 0 Å². The molecule has 0 spiro atoms. The highest BCUT2D eigenvalue weighted by Gasteiger charge is 1.95. The molecule has 2 nitrogen and oxygen atoms in total. The van der Waals surface area contributed by atoms with Gasteiger partial charge in [0, 0.05) is 25.5 Å². The number of nitrogens with one attached hydrogen (secondary N) is 2. The maximum absolute atomic E-state index is 12.8. The smallest absolute Gasteiger partial charge is 0.123 e. The number of aromatic amines is 1. The van der Waals surface area contributed by atoms with Gasteiger partial charge in [0.25, 0.3) is 0 Å². The van der Waals surface area contributed by atoms with E-state index in [1.54, 1.807) is 12.1 Å². The van der Waals surface area contributed by atoms with Crippen molar-refractivity contribution in [3.05, 3.63) is 59.7 Å². The molecule has 15 heavy (non-hydrogen) atoms. The molecule has 2 aromatic rings. The molecule has 3 heteroatoms. The zero-order chi connectivity index (χ0) is 10.5. The molecule has 0 unspecified atom stereocenters. The Morgan fingerprint density at radius 1 is 1.13 bits per heavy atom. The van der Waals surface area contributed by atoms with Gasteiger partial charge in [-0.3, -0.25) is 0 Å². The first-order valence-corrected chi connectivity index (χ1v) is 4.91. The van der Waals surface area contributed by atoms with Crippen molar-refractivity contribution in [1.82, 2.24) is 10.3 Å². The van der Waals surface area contributed by atoms with Gasteiger partial charge in [-0.25, -0.2) is 4.39 Å². The number of rotatable bonds is 4. The summed E-state index contributed by atoms with van der Waals surface area (Å²) in [5.41, 5.74) is 2.16. The van der Waals surface area contributed by atoms with E-state index in [1.165, 1.54) is 11.6 Å². The van der Waals surface area contributed by atoms with Crippen molar-refractivity contribution >= 4 is 0 Å². The van der Waals surface area contributed by atoms with Gasteiger partial charge in [0.05, 0.1) is 0 Å². The molecule has 0 saturated heterocycles. The second kappa shape index (κ2) is 4.75. The first kappa shape index (κ1) is 9.93. The summed E-state index contributed by atoms with van der Waals surface area (Å²) < 4.78 is 12.8. The summed E-state index contributed by atoms with van der Waals surface area (Å²) in [5.74, 6) is -0.184. The van der Waals surface area contributed by atoms with E-state index < -0.39 is 0 Å². The van der Waals surface area contributed by atoms with Gasteiger partial charge >= 0.3 is 0 Å². The molecule has 0 atom stereocenters. The van der Waals surface area contributed by atoms with Crippen LogP contribution in [0.2, 0.25) is 0 Å². The minimum absolute atomic E-state index is 0.184. The van der Waals surface area contributed by atoms with Crippen LogP contribution in [0.1, 0.15) is 11.1 Å². The Morgan fingerprint density at radius 3 is 2.73 bits per heavy atom. The molecule has 2 rings (SSSR count). The van der Waals surface area contributed by atoms with E-state index in [4.69, 9.17) is 0 Å². The third-order valence-electron chi connectivity index (χ3n) is 2.21. The van der Waals surface area contributed by atoms with Crippen LogP contribution in [-0.2, 0) is 13.1 Å². The highest BCUT2D eigenvalue weighted by molar-refractivity contribution is 5.16. The van der Waals surface area contributed by atoms with E-state index in [1.807, 2.05) is 24.5 Å². The number of hydrogen-bond acceptors (Lipinski definition) is 1. The van der Waals surface area contributed by atoms with E-state index in [0.717, 1.165) is 12.1 Å². The van der Waals surface area contributed by atoms with Crippen LogP contribution in [0, 0.1) is 5.82 Å². The molecular weight excluding hydrogens is 191 g/mol. The van der Waals surface area contributed by atoms with Crippen LogP contribution >= 0.6 is 0 Å². The lowest BCUT2D eigenvalue weighted by molar-refractivity contribution is 0.620. The topological polar surface area (TPSA) is 27.8 Å². The van der Waals surface area contributed by atoms with Crippen molar-refractivity contribution in [3.63, 3.8) is 0 Å². The quantitative estimate of drug-likeness (QED) is 0.786. The van der Waals surface area contributed by atoms with Crippen LogP contribution in [0.5, 0.6) is 0 Å².